The van der Waals surface area contributed by atoms with Gasteiger partial charge in [0.1, 0.15) is 12.6 Å². The quantitative estimate of drug-likeness (QED) is 0.294. The van der Waals surface area contributed by atoms with Gasteiger partial charge >= 0.3 is 0 Å². The van der Waals surface area contributed by atoms with Crippen LogP contribution in [0.1, 0.15) is 33.3 Å². The molecule has 39 heavy (non-hydrogen) atoms. The smallest absolute Gasteiger partial charge is 0.264 e. The van der Waals surface area contributed by atoms with E-state index < -0.39 is 34.1 Å². The van der Waals surface area contributed by atoms with Gasteiger partial charge in [-0.2, -0.15) is 0 Å². The molecule has 0 spiro atoms. The van der Waals surface area contributed by atoms with E-state index in [0.29, 0.717) is 0 Å². The first-order valence-corrected chi connectivity index (χ1v) is 15.1. The normalized spacial score (nSPS) is 12.5. The van der Waals surface area contributed by atoms with Crippen molar-refractivity contribution in [1.29, 1.82) is 0 Å². The molecule has 0 fully saturated rings. The molecule has 0 unspecified atom stereocenters. The van der Waals surface area contributed by atoms with Gasteiger partial charge in [-0.05, 0) is 75.7 Å². The minimum Gasteiger partial charge on any atom is -0.350 e. The number of nitrogens with one attached hydrogen (secondary N) is 1. The van der Waals surface area contributed by atoms with E-state index in [9.17, 15) is 18.0 Å². The highest BCUT2D eigenvalue weighted by Crippen LogP contribution is 2.30. The Balaban J connectivity index is 2.06. The maximum absolute atomic E-state index is 13.9. The predicted octanol–water partition coefficient (Wildman–Crippen LogP) is 6.28. The second kappa shape index (κ2) is 12.7. The lowest BCUT2D eigenvalue weighted by Gasteiger charge is -2.33. The molecule has 0 bridgehead atoms. The largest absolute Gasteiger partial charge is 0.350 e. The van der Waals surface area contributed by atoms with E-state index in [0.717, 1.165) is 14.3 Å². The number of amides is 2. The van der Waals surface area contributed by atoms with Crippen LogP contribution in [0.5, 0.6) is 0 Å². The Hall–Kier alpha value is -2.59. The lowest BCUT2D eigenvalue weighted by molar-refractivity contribution is -0.140. The second-order valence-electron chi connectivity index (χ2n) is 10.0. The molecule has 0 saturated heterocycles. The van der Waals surface area contributed by atoms with Gasteiger partial charge in [-0.1, -0.05) is 69.5 Å². The van der Waals surface area contributed by atoms with Crippen molar-refractivity contribution in [2.75, 3.05) is 10.8 Å². The maximum atomic E-state index is 13.9. The molecule has 0 aliphatic rings. The summed E-state index contributed by atoms with van der Waals surface area (Å²) < 4.78 is 29.4. The van der Waals surface area contributed by atoms with Gasteiger partial charge in [0.2, 0.25) is 11.8 Å². The van der Waals surface area contributed by atoms with Crippen LogP contribution in [0.2, 0.25) is 10.0 Å². The van der Waals surface area contributed by atoms with Crippen molar-refractivity contribution in [3.8, 4) is 0 Å². The number of sulfonamides is 1. The number of benzene rings is 3. The Morgan fingerprint density at radius 1 is 0.949 bits per heavy atom. The molecule has 208 valence electrons. The minimum atomic E-state index is -4.21. The van der Waals surface area contributed by atoms with Crippen molar-refractivity contribution in [3.05, 3.63) is 92.9 Å². The Morgan fingerprint density at radius 2 is 1.56 bits per heavy atom. The Morgan fingerprint density at radius 3 is 2.13 bits per heavy atom. The first-order valence-electron chi connectivity index (χ1n) is 12.1. The van der Waals surface area contributed by atoms with Gasteiger partial charge in [0, 0.05) is 26.6 Å². The summed E-state index contributed by atoms with van der Waals surface area (Å²) in [5.41, 5.74) is 0.353. The van der Waals surface area contributed by atoms with E-state index in [1.54, 1.807) is 25.1 Å². The number of hydrogen-bond donors (Lipinski definition) is 1. The van der Waals surface area contributed by atoms with Crippen molar-refractivity contribution in [3.63, 3.8) is 0 Å². The molecule has 0 heterocycles. The van der Waals surface area contributed by atoms with Crippen LogP contribution in [0, 0.1) is 0 Å². The van der Waals surface area contributed by atoms with Gasteiger partial charge < -0.3 is 10.2 Å². The van der Waals surface area contributed by atoms with Crippen molar-refractivity contribution in [2.24, 2.45) is 0 Å². The fourth-order valence-electron chi connectivity index (χ4n) is 3.82. The molecule has 0 saturated carbocycles. The summed E-state index contributed by atoms with van der Waals surface area (Å²) >= 11 is 15.8. The predicted molar refractivity (Wildman–Crippen MR) is 159 cm³/mol. The SMILES string of the molecule is C[C@@H](C(=O)NC(C)(C)C)N(Cc1cccc(Br)c1)C(=O)CN(c1cc(Cl)cc(Cl)c1)S(=O)(=O)c1ccccc1. The molecule has 3 aromatic carbocycles. The molecule has 0 aliphatic heterocycles. The van der Waals surface area contributed by atoms with Crippen LogP contribution >= 0.6 is 39.1 Å². The minimum absolute atomic E-state index is 0.00837. The van der Waals surface area contributed by atoms with E-state index in [2.05, 4.69) is 21.2 Å². The van der Waals surface area contributed by atoms with Gasteiger partial charge in [0.05, 0.1) is 10.6 Å². The molecule has 2 amide bonds. The molecule has 3 aromatic rings. The summed E-state index contributed by atoms with van der Waals surface area (Å²) in [6, 6.07) is 18.5. The molecule has 0 aliphatic carbocycles. The Bertz CT molecular complexity index is 1430. The van der Waals surface area contributed by atoms with Crippen molar-refractivity contribution in [1.82, 2.24) is 10.2 Å². The molecule has 1 atom stereocenters. The van der Waals surface area contributed by atoms with Gasteiger partial charge in [-0.15, -0.1) is 0 Å². The van der Waals surface area contributed by atoms with Gasteiger partial charge in [-0.25, -0.2) is 8.42 Å². The summed E-state index contributed by atoms with van der Waals surface area (Å²) in [7, 11) is -4.21. The third-order valence-corrected chi connectivity index (χ3v) is 8.37. The summed E-state index contributed by atoms with van der Waals surface area (Å²) in [6.07, 6.45) is 0. The van der Waals surface area contributed by atoms with Crippen molar-refractivity contribution >= 4 is 66.7 Å². The summed E-state index contributed by atoms with van der Waals surface area (Å²) in [5, 5.41) is 3.32. The van der Waals surface area contributed by atoms with Gasteiger partial charge in [-0.3, -0.25) is 13.9 Å². The third-order valence-electron chi connectivity index (χ3n) is 5.65. The number of anilines is 1. The first-order chi connectivity index (χ1) is 18.2. The van der Waals surface area contributed by atoms with Crippen LogP contribution < -0.4 is 9.62 Å². The van der Waals surface area contributed by atoms with Crippen LogP contribution in [0.25, 0.3) is 0 Å². The van der Waals surface area contributed by atoms with E-state index in [1.165, 1.54) is 35.2 Å². The number of rotatable bonds is 9. The third kappa shape index (κ3) is 8.45. The number of halogens is 3. The molecule has 7 nitrogen and oxygen atoms in total. The van der Waals surface area contributed by atoms with Crippen LogP contribution in [0.4, 0.5) is 5.69 Å². The average molecular weight is 655 g/mol. The molecule has 11 heteroatoms. The molecule has 0 aromatic heterocycles. The summed E-state index contributed by atoms with van der Waals surface area (Å²) in [5.74, 6) is -0.948. The summed E-state index contributed by atoms with van der Waals surface area (Å²) in [4.78, 5) is 28.4. The zero-order valence-electron chi connectivity index (χ0n) is 22.0. The second-order valence-corrected chi connectivity index (χ2v) is 13.7. The van der Waals surface area contributed by atoms with E-state index in [-0.39, 0.29) is 33.1 Å². The van der Waals surface area contributed by atoms with Crippen LogP contribution in [-0.2, 0) is 26.2 Å². The standard InChI is InChI=1S/C28H30BrCl2N3O4S/c1-19(27(36)32-28(2,3)4)33(17-20-9-8-10-21(29)13-20)26(35)18-34(24-15-22(30)14-23(31)16-24)39(37,38)25-11-6-5-7-12-25/h5-16,19H,17-18H2,1-4H3,(H,32,36)/t19-/m0/s1. The van der Waals surface area contributed by atoms with Crippen LogP contribution in [0.15, 0.2) is 82.2 Å². The van der Waals surface area contributed by atoms with Crippen molar-refractivity contribution < 1.29 is 18.0 Å². The molecular weight excluding hydrogens is 625 g/mol. The fraction of sp³-hybridized carbons (Fsp3) is 0.286. The highest BCUT2D eigenvalue weighted by atomic mass is 79.9. The lowest BCUT2D eigenvalue weighted by atomic mass is 10.1. The number of hydrogen-bond acceptors (Lipinski definition) is 4. The average Bonchev–Trinajstić information content (AvgIpc) is 2.84. The number of carbonyl (C=O) groups excluding carboxylic acids is 2. The first kappa shape index (κ1) is 30.9. The van der Waals surface area contributed by atoms with Gasteiger partial charge in [0.15, 0.2) is 0 Å². The molecular formula is C28H30BrCl2N3O4S. The van der Waals surface area contributed by atoms with Crippen molar-refractivity contribution in [2.45, 2.75) is 50.7 Å². The molecule has 1 N–H and O–H groups in total. The monoisotopic (exact) mass is 653 g/mol. The maximum Gasteiger partial charge on any atom is 0.264 e. The van der Waals surface area contributed by atoms with Gasteiger partial charge in [0.25, 0.3) is 10.0 Å². The Labute approximate surface area is 248 Å². The molecule has 3 rings (SSSR count). The number of carbonyl (C=O) groups is 2. The highest BCUT2D eigenvalue weighted by Gasteiger charge is 2.33. The summed E-state index contributed by atoms with van der Waals surface area (Å²) in [6.45, 7) is 6.63. The fourth-order valence-corrected chi connectivity index (χ4v) is 6.20. The zero-order chi connectivity index (χ0) is 29.0. The molecule has 0 radical (unpaired) electrons. The zero-order valence-corrected chi connectivity index (χ0v) is 25.9. The topological polar surface area (TPSA) is 86.8 Å². The van der Waals surface area contributed by atoms with Crippen LogP contribution in [-0.4, -0.2) is 43.3 Å². The van der Waals surface area contributed by atoms with Crippen LogP contribution in [0.3, 0.4) is 0 Å². The lowest BCUT2D eigenvalue weighted by Crippen LogP contribution is -2.54. The van der Waals surface area contributed by atoms with E-state index >= 15 is 0 Å². The Kier molecular flexibility index (Phi) is 10.1. The van der Waals surface area contributed by atoms with E-state index in [1.807, 2.05) is 45.0 Å². The van der Waals surface area contributed by atoms with E-state index in [4.69, 9.17) is 23.2 Å². The highest BCUT2D eigenvalue weighted by molar-refractivity contribution is 9.10. The number of nitrogens with zero attached hydrogens (tertiary/aromatic N) is 2.